The van der Waals surface area contributed by atoms with E-state index in [1.165, 1.54) is 0 Å². The fourth-order valence-corrected chi connectivity index (χ4v) is 4.59. The molecule has 0 saturated carbocycles. The number of fused-ring (bicyclic) bond motifs is 3. The Kier molecular flexibility index (Phi) is 4.67. The molecule has 0 aliphatic carbocycles. The third-order valence-corrected chi connectivity index (χ3v) is 6.34. The molecule has 4 heterocycles. The molecule has 3 aromatic heterocycles. The number of likely N-dealkylation sites (tertiary alicyclic amines) is 1. The smallest absolute Gasteiger partial charge is 0.196 e. The number of aromatic nitrogens is 4. The number of hydrogen-bond donors (Lipinski definition) is 2. The highest BCUT2D eigenvalue weighted by molar-refractivity contribution is 6.36. The molecule has 164 valence electrons. The van der Waals surface area contributed by atoms with Crippen molar-refractivity contribution in [2.24, 2.45) is 0 Å². The average Bonchev–Trinajstić information content (AvgIpc) is 3.41. The summed E-state index contributed by atoms with van der Waals surface area (Å²) in [7, 11) is 2.09. The molecule has 2 N–H and O–H groups in total. The number of H-pyrrole nitrogens is 2. The second-order valence-corrected chi connectivity index (χ2v) is 8.78. The first-order chi connectivity index (χ1) is 16.1. The summed E-state index contributed by atoms with van der Waals surface area (Å²) in [5.74, 6) is 2.36. The summed E-state index contributed by atoms with van der Waals surface area (Å²) in [6.07, 6.45) is 3.43. The van der Waals surface area contributed by atoms with E-state index in [1.807, 2.05) is 30.3 Å². The summed E-state index contributed by atoms with van der Waals surface area (Å²) in [5, 5.41) is 1.02. The van der Waals surface area contributed by atoms with Gasteiger partial charge in [0.2, 0.25) is 0 Å². The van der Waals surface area contributed by atoms with Gasteiger partial charge in [0.15, 0.2) is 5.78 Å². The van der Waals surface area contributed by atoms with E-state index in [2.05, 4.69) is 26.9 Å². The van der Waals surface area contributed by atoms with Crippen LogP contribution >= 0.6 is 11.6 Å². The second-order valence-electron chi connectivity index (χ2n) is 8.37. The first kappa shape index (κ1) is 20.0. The molecule has 7 nitrogen and oxygen atoms in total. The summed E-state index contributed by atoms with van der Waals surface area (Å²) in [6, 6.07) is 14.5. The summed E-state index contributed by atoms with van der Waals surface area (Å²) >= 11 is 6.51. The molecular formula is C25H20ClN5O2. The summed E-state index contributed by atoms with van der Waals surface area (Å²) < 4.78 is 5.83. The number of carbonyl (C=O) groups is 1. The highest BCUT2D eigenvalue weighted by atomic mass is 35.5. The Morgan fingerprint density at radius 2 is 1.94 bits per heavy atom. The van der Waals surface area contributed by atoms with Crippen molar-refractivity contribution in [1.29, 1.82) is 0 Å². The maximum Gasteiger partial charge on any atom is 0.196 e. The van der Waals surface area contributed by atoms with Gasteiger partial charge in [0.05, 0.1) is 27.7 Å². The third-order valence-electron chi connectivity index (χ3n) is 6.03. The lowest BCUT2D eigenvalue weighted by Crippen LogP contribution is -2.42. The molecule has 5 aromatic rings. The number of imidazole rings is 1. The van der Waals surface area contributed by atoms with Crippen molar-refractivity contribution < 1.29 is 9.53 Å². The van der Waals surface area contributed by atoms with Crippen molar-refractivity contribution in [3.8, 4) is 11.5 Å². The highest BCUT2D eigenvalue weighted by Crippen LogP contribution is 2.33. The zero-order valence-electron chi connectivity index (χ0n) is 17.8. The van der Waals surface area contributed by atoms with Crippen LogP contribution < -0.4 is 4.74 Å². The maximum atomic E-state index is 13.5. The van der Waals surface area contributed by atoms with Crippen LogP contribution in [0.2, 0.25) is 5.02 Å². The summed E-state index contributed by atoms with van der Waals surface area (Å²) in [6.45, 7) is 1.92. The number of nitrogens with zero attached hydrogens (tertiary/aromatic N) is 3. The number of benzene rings is 2. The van der Waals surface area contributed by atoms with Crippen LogP contribution in [0.1, 0.15) is 27.7 Å². The Hall–Kier alpha value is -3.68. The minimum atomic E-state index is -0.195. The van der Waals surface area contributed by atoms with E-state index in [9.17, 15) is 4.79 Å². The van der Waals surface area contributed by atoms with Gasteiger partial charge in [-0.3, -0.25) is 4.79 Å². The topological polar surface area (TPSA) is 86.9 Å². The van der Waals surface area contributed by atoms with Crippen LogP contribution in [-0.2, 0) is 0 Å². The Labute approximate surface area is 194 Å². The minimum absolute atomic E-state index is 0.195. The fourth-order valence-electron chi connectivity index (χ4n) is 4.33. The number of ketones is 1. The standard InChI is InChI=1S/C25H20ClN5O2/c1-31-12-14(13-31)24-29-20-11-28-25-21(22(20)30-24)18(10-27-25)23(32)17-8-7-16(9-19(17)26)33-15-5-3-2-4-6-15/h2-11,14H,12-13H2,1H3,(H,27,28)(H,29,30). The minimum Gasteiger partial charge on any atom is -0.457 e. The number of ether oxygens (including phenoxy) is 1. The van der Waals surface area contributed by atoms with Crippen LogP contribution in [0.25, 0.3) is 22.1 Å². The Bertz CT molecular complexity index is 1500. The zero-order chi connectivity index (χ0) is 22.5. The SMILES string of the molecule is CN1CC(c2nc3c(cnc4[nH]cc(C(=O)c5ccc(Oc6ccccc6)cc5Cl)c43)[nH]2)C1. The Morgan fingerprint density at radius 3 is 2.70 bits per heavy atom. The van der Waals surface area contributed by atoms with Gasteiger partial charge < -0.3 is 19.6 Å². The fraction of sp³-hybridized carbons (Fsp3) is 0.160. The zero-order valence-corrected chi connectivity index (χ0v) is 18.6. The number of pyridine rings is 1. The molecule has 0 bridgehead atoms. The van der Waals surface area contributed by atoms with Gasteiger partial charge in [0, 0.05) is 36.8 Å². The lowest BCUT2D eigenvalue weighted by molar-refractivity contribution is 0.104. The first-order valence-electron chi connectivity index (χ1n) is 10.7. The first-order valence-corrected chi connectivity index (χ1v) is 11.1. The van der Waals surface area contributed by atoms with Gasteiger partial charge in [-0.05, 0) is 31.3 Å². The molecule has 0 unspecified atom stereocenters. The molecule has 1 saturated heterocycles. The van der Waals surface area contributed by atoms with E-state index in [4.69, 9.17) is 21.3 Å². The van der Waals surface area contributed by atoms with Gasteiger partial charge in [-0.2, -0.15) is 0 Å². The van der Waals surface area contributed by atoms with Gasteiger partial charge in [0.25, 0.3) is 0 Å². The van der Waals surface area contributed by atoms with Gasteiger partial charge in [-0.1, -0.05) is 29.8 Å². The molecule has 0 spiro atoms. The van der Waals surface area contributed by atoms with Crippen molar-refractivity contribution >= 4 is 39.5 Å². The van der Waals surface area contributed by atoms with E-state index in [-0.39, 0.29) is 5.78 Å². The molecular weight excluding hydrogens is 438 g/mol. The quantitative estimate of drug-likeness (QED) is 0.356. The van der Waals surface area contributed by atoms with Crippen LogP contribution in [0.5, 0.6) is 11.5 Å². The number of hydrogen-bond acceptors (Lipinski definition) is 5. The number of nitrogens with one attached hydrogen (secondary N) is 2. The van der Waals surface area contributed by atoms with Crippen LogP contribution in [0.4, 0.5) is 0 Å². The predicted molar refractivity (Wildman–Crippen MR) is 127 cm³/mol. The molecule has 6 rings (SSSR count). The lowest BCUT2D eigenvalue weighted by Gasteiger charge is -2.34. The van der Waals surface area contributed by atoms with Gasteiger partial charge in [-0.25, -0.2) is 9.97 Å². The maximum absolute atomic E-state index is 13.5. The molecule has 0 atom stereocenters. The molecule has 8 heteroatoms. The van der Waals surface area contributed by atoms with Crippen molar-refractivity contribution in [2.45, 2.75) is 5.92 Å². The Morgan fingerprint density at radius 1 is 1.12 bits per heavy atom. The largest absolute Gasteiger partial charge is 0.457 e. The van der Waals surface area contributed by atoms with Crippen LogP contribution in [0.15, 0.2) is 60.9 Å². The molecule has 33 heavy (non-hydrogen) atoms. The highest BCUT2D eigenvalue weighted by Gasteiger charge is 2.28. The van der Waals surface area contributed by atoms with E-state index in [0.29, 0.717) is 44.6 Å². The van der Waals surface area contributed by atoms with Gasteiger partial charge in [-0.15, -0.1) is 0 Å². The average molecular weight is 458 g/mol. The van der Waals surface area contributed by atoms with Crippen molar-refractivity contribution in [3.63, 3.8) is 0 Å². The van der Waals surface area contributed by atoms with Crippen LogP contribution in [0.3, 0.4) is 0 Å². The van der Waals surface area contributed by atoms with Crippen molar-refractivity contribution in [1.82, 2.24) is 24.8 Å². The molecule has 1 aliphatic heterocycles. The number of para-hydroxylation sites is 1. The molecule has 2 aromatic carbocycles. The third kappa shape index (κ3) is 3.46. The number of carbonyl (C=O) groups excluding carboxylic acids is 1. The Balaban J connectivity index is 1.37. The molecule has 1 fully saturated rings. The summed E-state index contributed by atoms with van der Waals surface area (Å²) in [4.78, 5) is 31.5. The number of halogens is 1. The van der Waals surface area contributed by atoms with E-state index >= 15 is 0 Å². The van der Waals surface area contributed by atoms with Crippen LogP contribution in [-0.4, -0.2) is 50.8 Å². The van der Waals surface area contributed by atoms with Crippen molar-refractivity contribution in [3.05, 3.63) is 82.9 Å². The van der Waals surface area contributed by atoms with Gasteiger partial charge >= 0.3 is 0 Å². The molecule has 0 radical (unpaired) electrons. The monoisotopic (exact) mass is 457 g/mol. The van der Waals surface area contributed by atoms with Crippen molar-refractivity contribution in [2.75, 3.05) is 20.1 Å². The van der Waals surface area contributed by atoms with E-state index in [1.54, 1.807) is 30.6 Å². The number of likely N-dealkylation sites (N-methyl/N-ethyl adjacent to an activating group) is 1. The van der Waals surface area contributed by atoms with Gasteiger partial charge in [0.1, 0.15) is 28.5 Å². The normalized spacial score (nSPS) is 14.6. The lowest BCUT2D eigenvalue weighted by atomic mass is 10.0. The van der Waals surface area contributed by atoms with E-state index < -0.39 is 0 Å². The predicted octanol–water partition coefficient (Wildman–Crippen LogP) is 5.14. The van der Waals surface area contributed by atoms with E-state index in [0.717, 1.165) is 29.9 Å². The van der Waals surface area contributed by atoms with Crippen LogP contribution in [0, 0.1) is 0 Å². The molecule has 0 amide bonds. The summed E-state index contributed by atoms with van der Waals surface area (Å²) in [5.41, 5.74) is 3.07. The second kappa shape index (κ2) is 7.72. The molecule has 1 aliphatic rings. The number of rotatable bonds is 5. The number of aromatic amines is 2.